The molecule has 20 heavy (non-hydrogen) atoms. The highest BCUT2D eigenvalue weighted by atomic mass is 19.3. The SMILES string of the molecule is CC(C(=O)Nc1cccc(C(F)F)c1)C1CCOCC1. The number of halogens is 2. The quantitative estimate of drug-likeness (QED) is 0.916. The molecule has 0 aromatic heterocycles. The minimum Gasteiger partial charge on any atom is -0.381 e. The molecule has 1 saturated heterocycles. The minimum absolute atomic E-state index is 0.0819. The molecule has 2 rings (SSSR count). The van der Waals surface area contributed by atoms with E-state index in [4.69, 9.17) is 4.74 Å². The third-order valence-corrected chi connectivity index (χ3v) is 3.79. The van der Waals surface area contributed by atoms with Gasteiger partial charge in [-0.15, -0.1) is 0 Å². The van der Waals surface area contributed by atoms with Crippen LogP contribution in [0.25, 0.3) is 0 Å². The molecule has 0 saturated carbocycles. The van der Waals surface area contributed by atoms with Crippen LogP contribution in [0.5, 0.6) is 0 Å². The van der Waals surface area contributed by atoms with E-state index in [0.717, 1.165) is 12.8 Å². The Labute approximate surface area is 117 Å². The van der Waals surface area contributed by atoms with Crippen molar-refractivity contribution in [1.29, 1.82) is 0 Å². The molecular formula is C15H19F2NO2. The minimum atomic E-state index is -2.53. The molecule has 3 nitrogen and oxygen atoms in total. The molecule has 1 unspecified atom stereocenters. The molecule has 1 aliphatic rings. The lowest BCUT2D eigenvalue weighted by Gasteiger charge is -2.27. The Bertz CT molecular complexity index is 459. The highest BCUT2D eigenvalue weighted by Crippen LogP contribution is 2.26. The number of carbonyl (C=O) groups is 1. The molecule has 1 fully saturated rings. The molecule has 1 amide bonds. The number of hydrogen-bond acceptors (Lipinski definition) is 2. The van der Waals surface area contributed by atoms with Crippen molar-refractivity contribution in [2.45, 2.75) is 26.2 Å². The fourth-order valence-electron chi connectivity index (χ4n) is 2.44. The molecule has 1 aliphatic heterocycles. The Hall–Kier alpha value is -1.49. The number of alkyl halides is 2. The van der Waals surface area contributed by atoms with Crippen molar-refractivity contribution in [1.82, 2.24) is 0 Å². The second kappa shape index (κ2) is 6.79. The van der Waals surface area contributed by atoms with Crippen LogP contribution in [-0.2, 0) is 9.53 Å². The van der Waals surface area contributed by atoms with Crippen molar-refractivity contribution in [3.8, 4) is 0 Å². The largest absolute Gasteiger partial charge is 0.381 e. The van der Waals surface area contributed by atoms with Crippen LogP contribution in [0.15, 0.2) is 24.3 Å². The predicted molar refractivity (Wildman–Crippen MR) is 72.7 cm³/mol. The first-order chi connectivity index (χ1) is 9.58. The van der Waals surface area contributed by atoms with Crippen molar-refractivity contribution in [3.05, 3.63) is 29.8 Å². The van der Waals surface area contributed by atoms with E-state index >= 15 is 0 Å². The van der Waals surface area contributed by atoms with Gasteiger partial charge in [-0.2, -0.15) is 0 Å². The summed E-state index contributed by atoms with van der Waals surface area (Å²) in [5.74, 6) is 0.0273. The van der Waals surface area contributed by atoms with Crippen LogP contribution in [0.1, 0.15) is 31.8 Å². The summed E-state index contributed by atoms with van der Waals surface area (Å²) >= 11 is 0. The number of ether oxygens (including phenoxy) is 1. The van der Waals surface area contributed by atoms with Gasteiger partial charge in [0.1, 0.15) is 0 Å². The number of carbonyl (C=O) groups excluding carboxylic acids is 1. The zero-order valence-corrected chi connectivity index (χ0v) is 11.4. The predicted octanol–water partition coefficient (Wildman–Crippen LogP) is 3.63. The number of rotatable bonds is 4. The molecule has 1 aromatic rings. The molecular weight excluding hydrogens is 264 g/mol. The first kappa shape index (κ1) is 14.9. The van der Waals surface area contributed by atoms with Crippen LogP contribution >= 0.6 is 0 Å². The van der Waals surface area contributed by atoms with Gasteiger partial charge in [0.05, 0.1) is 0 Å². The van der Waals surface area contributed by atoms with Gasteiger partial charge < -0.3 is 10.1 Å². The first-order valence-electron chi connectivity index (χ1n) is 6.84. The summed E-state index contributed by atoms with van der Waals surface area (Å²) in [6, 6.07) is 5.82. The lowest BCUT2D eigenvalue weighted by atomic mass is 9.87. The lowest BCUT2D eigenvalue weighted by molar-refractivity contribution is -0.122. The highest BCUT2D eigenvalue weighted by molar-refractivity contribution is 5.92. The van der Waals surface area contributed by atoms with Gasteiger partial charge in [0.2, 0.25) is 5.91 Å². The van der Waals surface area contributed by atoms with Gasteiger partial charge in [-0.1, -0.05) is 19.1 Å². The van der Waals surface area contributed by atoms with Crippen molar-refractivity contribution in [2.75, 3.05) is 18.5 Å². The van der Waals surface area contributed by atoms with Gasteiger partial charge in [-0.25, -0.2) is 8.78 Å². The van der Waals surface area contributed by atoms with E-state index in [1.54, 1.807) is 6.07 Å². The number of amides is 1. The van der Waals surface area contributed by atoms with Gasteiger partial charge in [0.15, 0.2) is 0 Å². The van der Waals surface area contributed by atoms with E-state index in [0.29, 0.717) is 24.8 Å². The zero-order valence-electron chi connectivity index (χ0n) is 11.4. The zero-order chi connectivity index (χ0) is 14.5. The number of anilines is 1. The second-order valence-corrected chi connectivity index (χ2v) is 5.15. The third kappa shape index (κ3) is 3.76. The van der Waals surface area contributed by atoms with Crippen LogP contribution in [0.2, 0.25) is 0 Å². The Balaban J connectivity index is 1.98. The summed E-state index contributed by atoms with van der Waals surface area (Å²) in [4.78, 5) is 12.2. The van der Waals surface area contributed by atoms with Gasteiger partial charge >= 0.3 is 0 Å². The summed E-state index contributed by atoms with van der Waals surface area (Å²) in [6.45, 7) is 3.24. The maximum absolute atomic E-state index is 12.6. The Morgan fingerprint density at radius 1 is 1.35 bits per heavy atom. The van der Waals surface area contributed by atoms with Crippen LogP contribution in [0, 0.1) is 11.8 Å². The molecule has 0 radical (unpaired) electrons. The Morgan fingerprint density at radius 2 is 2.05 bits per heavy atom. The third-order valence-electron chi connectivity index (χ3n) is 3.79. The molecule has 1 atom stereocenters. The van der Waals surface area contributed by atoms with E-state index in [9.17, 15) is 13.6 Å². The molecule has 1 heterocycles. The number of nitrogens with one attached hydrogen (secondary N) is 1. The highest BCUT2D eigenvalue weighted by Gasteiger charge is 2.26. The second-order valence-electron chi connectivity index (χ2n) is 5.15. The lowest BCUT2D eigenvalue weighted by Crippen LogP contribution is -2.30. The van der Waals surface area contributed by atoms with Crippen molar-refractivity contribution >= 4 is 11.6 Å². The maximum Gasteiger partial charge on any atom is 0.263 e. The topological polar surface area (TPSA) is 38.3 Å². The first-order valence-corrected chi connectivity index (χ1v) is 6.84. The Morgan fingerprint density at radius 3 is 2.70 bits per heavy atom. The van der Waals surface area contributed by atoms with Crippen LogP contribution in [-0.4, -0.2) is 19.1 Å². The summed E-state index contributed by atoms with van der Waals surface area (Å²) in [5.41, 5.74) is 0.341. The summed E-state index contributed by atoms with van der Waals surface area (Å²) in [5, 5.41) is 2.72. The average Bonchev–Trinajstić information content (AvgIpc) is 2.47. The standard InChI is InChI=1S/C15H19F2NO2/c1-10(11-5-7-20-8-6-11)15(19)18-13-4-2-3-12(9-13)14(16)17/h2-4,9-11,14H,5-8H2,1H3,(H,18,19). The monoisotopic (exact) mass is 283 g/mol. The molecule has 5 heteroatoms. The van der Waals surface area contributed by atoms with E-state index in [1.165, 1.54) is 18.2 Å². The molecule has 0 spiro atoms. The van der Waals surface area contributed by atoms with Crippen LogP contribution < -0.4 is 5.32 Å². The molecule has 0 aliphatic carbocycles. The fraction of sp³-hybridized carbons (Fsp3) is 0.533. The number of hydrogen-bond donors (Lipinski definition) is 1. The molecule has 0 bridgehead atoms. The fourth-order valence-corrected chi connectivity index (χ4v) is 2.44. The van der Waals surface area contributed by atoms with Crippen molar-refractivity contribution < 1.29 is 18.3 Å². The van der Waals surface area contributed by atoms with Gasteiger partial charge in [-0.3, -0.25) is 4.79 Å². The van der Waals surface area contributed by atoms with Gasteiger partial charge in [0, 0.05) is 30.4 Å². The molecule has 1 aromatic carbocycles. The summed E-state index contributed by atoms with van der Waals surface area (Å²) < 4.78 is 30.5. The van der Waals surface area contributed by atoms with Crippen LogP contribution in [0.3, 0.4) is 0 Å². The number of benzene rings is 1. The smallest absolute Gasteiger partial charge is 0.263 e. The average molecular weight is 283 g/mol. The van der Waals surface area contributed by atoms with Crippen molar-refractivity contribution in [3.63, 3.8) is 0 Å². The van der Waals surface area contributed by atoms with E-state index < -0.39 is 6.43 Å². The van der Waals surface area contributed by atoms with Gasteiger partial charge in [0.25, 0.3) is 6.43 Å². The molecule has 1 N–H and O–H groups in total. The maximum atomic E-state index is 12.6. The van der Waals surface area contributed by atoms with Crippen LogP contribution in [0.4, 0.5) is 14.5 Å². The van der Waals surface area contributed by atoms with Gasteiger partial charge in [-0.05, 0) is 30.9 Å². The van der Waals surface area contributed by atoms with E-state index in [2.05, 4.69) is 5.32 Å². The Kier molecular flexibility index (Phi) is 5.06. The van der Waals surface area contributed by atoms with E-state index in [-0.39, 0.29) is 17.4 Å². The summed E-state index contributed by atoms with van der Waals surface area (Å²) in [6.07, 6.45) is -0.795. The van der Waals surface area contributed by atoms with Crippen molar-refractivity contribution in [2.24, 2.45) is 11.8 Å². The summed E-state index contributed by atoms with van der Waals surface area (Å²) in [7, 11) is 0. The molecule has 110 valence electrons. The van der Waals surface area contributed by atoms with E-state index in [1.807, 2.05) is 6.92 Å². The normalized spacial score (nSPS) is 18.0.